The Morgan fingerprint density at radius 3 is 2.69 bits per heavy atom. The third-order valence-corrected chi connectivity index (χ3v) is 2.80. The van der Waals surface area contributed by atoms with Gasteiger partial charge in [0.15, 0.2) is 0 Å². The van der Waals surface area contributed by atoms with Crippen LogP contribution in [0.5, 0.6) is 0 Å². The number of likely N-dealkylation sites (N-methyl/N-ethyl adjacent to an activating group) is 1. The monoisotopic (exact) mass is 184 g/mol. The van der Waals surface area contributed by atoms with Crippen molar-refractivity contribution in [1.82, 2.24) is 10.2 Å². The van der Waals surface area contributed by atoms with Crippen LogP contribution in [0, 0.1) is 5.92 Å². The van der Waals surface area contributed by atoms with E-state index in [0.29, 0.717) is 12.6 Å². The Balaban J connectivity index is 2.13. The van der Waals surface area contributed by atoms with Crippen LogP contribution in [0.2, 0.25) is 0 Å². The largest absolute Gasteiger partial charge is 0.345 e. The van der Waals surface area contributed by atoms with E-state index in [1.54, 1.807) is 4.90 Å². The van der Waals surface area contributed by atoms with Gasteiger partial charge in [0.25, 0.3) is 0 Å². The molecule has 0 spiro atoms. The van der Waals surface area contributed by atoms with E-state index >= 15 is 0 Å². The molecule has 1 amide bonds. The topological polar surface area (TPSA) is 32.3 Å². The summed E-state index contributed by atoms with van der Waals surface area (Å²) in [7, 11) is 1.84. The molecule has 3 heteroatoms. The minimum absolute atomic E-state index is 0.190. The van der Waals surface area contributed by atoms with Crippen LogP contribution >= 0.6 is 0 Å². The Bertz CT molecular complexity index is 178. The number of carbonyl (C=O) groups excluding carboxylic acids is 1. The van der Waals surface area contributed by atoms with E-state index in [-0.39, 0.29) is 5.91 Å². The van der Waals surface area contributed by atoms with Crippen LogP contribution in [-0.4, -0.2) is 37.0 Å². The molecule has 1 saturated carbocycles. The number of hydrogen-bond acceptors (Lipinski definition) is 2. The summed E-state index contributed by atoms with van der Waals surface area (Å²) in [4.78, 5) is 13.1. The molecule has 0 aromatic rings. The van der Waals surface area contributed by atoms with E-state index in [9.17, 15) is 4.79 Å². The fourth-order valence-corrected chi connectivity index (χ4v) is 1.32. The van der Waals surface area contributed by atoms with Crippen molar-refractivity contribution >= 4 is 5.91 Å². The fraction of sp³-hybridized carbons (Fsp3) is 0.900. The summed E-state index contributed by atoms with van der Waals surface area (Å²) in [5.74, 6) is 1.01. The molecule has 0 aromatic carbocycles. The average Bonchev–Trinajstić information content (AvgIpc) is 2.95. The van der Waals surface area contributed by atoms with Gasteiger partial charge < -0.3 is 10.2 Å². The molecule has 1 aliphatic rings. The van der Waals surface area contributed by atoms with Crippen LogP contribution in [0.25, 0.3) is 0 Å². The molecule has 1 unspecified atom stereocenters. The van der Waals surface area contributed by atoms with Crippen molar-refractivity contribution in [3.8, 4) is 0 Å². The molecule has 0 bridgehead atoms. The predicted octanol–water partition coefficient (Wildman–Crippen LogP) is 0.853. The van der Waals surface area contributed by atoms with Gasteiger partial charge in [-0.1, -0.05) is 0 Å². The Kier molecular flexibility index (Phi) is 3.72. The number of hydrogen-bond donors (Lipinski definition) is 1. The first-order valence-corrected chi connectivity index (χ1v) is 5.12. The summed E-state index contributed by atoms with van der Waals surface area (Å²) >= 11 is 0. The van der Waals surface area contributed by atoms with Crippen molar-refractivity contribution in [3.05, 3.63) is 0 Å². The van der Waals surface area contributed by atoms with Crippen molar-refractivity contribution in [1.29, 1.82) is 0 Å². The van der Waals surface area contributed by atoms with Crippen molar-refractivity contribution < 1.29 is 4.79 Å². The summed E-state index contributed by atoms with van der Waals surface area (Å²) in [6.07, 6.45) is 2.65. The molecule has 1 fully saturated rings. The molecular weight excluding hydrogens is 164 g/mol. The Hall–Kier alpha value is -0.570. The Morgan fingerprint density at radius 2 is 2.23 bits per heavy atom. The lowest BCUT2D eigenvalue weighted by atomic mass is 10.2. The molecule has 3 nitrogen and oxygen atoms in total. The average molecular weight is 184 g/mol. The molecular formula is C10H20N2O. The number of carbonyl (C=O) groups is 1. The molecule has 1 atom stereocenters. The molecule has 0 saturated heterocycles. The fourth-order valence-electron chi connectivity index (χ4n) is 1.32. The molecule has 1 N–H and O–H groups in total. The first-order valence-electron chi connectivity index (χ1n) is 5.12. The van der Waals surface area contributed by atoms with Crippen LogP contribution in [0.4, 0.5) is 0 Å². The zero-order chi connectivity index (χ0) is 9.84. The van der Waals surface area contributed by atoms with Gasteiger partial charge >= 0.3 is 0 Å². The molecule has 0 radical (unpaired) electrons. The summed E-state index contributed by atoms with van der Waals surface area (Å²) in [6.45, 7) is 5.43. The highest BCUT2D eigenvalue weighted by molar-refractivity contribution is 5.77. The van der Waals surface area contributed by atoms with Crippen molar-refractivity contribution in [2.45, 2.75) is 32.7 Å². The van der Waals surface area contributed by atoms with Gasteiger partial charge in [-0.05, 0) is 32.6 Å². The molecule has 0 aromatic heterocycles. The SMILES string of the molecule is CCN(C)C(=O)CNC(C)C1CC1. The number of amides is 1. The number of nitrogens with one attached hydrogen (secondary N) is 1. The smallest absolute Gasteiger partial charge is 0.236 e. The zero-order valence-corrected chi connectivity index (χ0v) is 8.84. The third kappa shape index (κ3) is 3.35. The predicted molar refractivity (Wildman–Crippen MR) is 53.5 cm³/mol. The summed E-state index contributed by atoms with van der Waals surface area (Å²) in [6, 6.07) is 0.509. The highest BCUT2D eigenvalue weighted by Gasteiger charge is 2.27. The van der Waals surface area contributed by atoms with Gasteiger partial charge in [0.1, 0.15) is 0 Å². The highest BCUT2D eigenvalue weighted by Crippen LogP contribution is 2.32. The second-order valence-electron chi connectivity index (χ2n) is 3.91. The summed E-state index contributed by atoms with van der Waals surface area (Å²) in [5.41, 5.74) is 0. The standard InChI is InChI=1S/C10H20N2O/c1-4-12(3)10(13)7-11-8(2)9-5-6-9/h8-9,11H,4-7H2,1-3H3. The van der Waals surface area contributed by atoms with E-state index in [2.05, 4.69) is 12.2 Å². The maximum atomic E-state index is 11.4. The van der Waals surface area contributed by atoms with E-state index in [4.69, 9.17) is 0 Å². The quantitative estimate of drug-likeness (QED) is 0.687. The summed E-state index contributed by atoms with van der Waals surface area (Å²) < 4.78 is 0. The van der Waals surface area contributed by atoms with Crippen molar-refractivity contribution in [2.24, 2.45) is 5.92 Å². The van der Waals surface area contributed by atoms with Crippen molar-refractivity contribution in [2.75, 3.05) is 20.1 Å². The first-order chi connectivity index (χ1) is 6.15. The van der Waals surface area contributed by atoms with Gasteiger partial charge in [0.2, 0.25) is 5.91 Å². The maximum Gasteiger partial charge on any atom is 0.236 e. The van der Waals surface area contributed by atoms with E-state index < -0.39 is 0 Å². The number of nitrogens with zero attached hydrogens (tertiary/aromatic N) is 1. The lowest BCUT2D eigenvalue weighted by Gasteiger charge is -2.17. The molecule has 1 aliphatic carbocycles. The van der Waals surface area contributed by atoms with E-state index in [1.807, 2.05) is 14.0 Å². The first kappa shape index (κ1) is 10.5. The molecule has 0 heterocycles. The molecule has 1 rings (SSSR count). The van der Waals surface area contributed by atoms with Gasteiger partial charge in [-0.15, -0.1) is 0 Å². The van der Waals surface area contributed by atoms with E-state index in [1.165, 1.54) is 12.8 Å². The van der Waals surface area contributed by atoms with E-state index in [0.717, 1.165) is 12.5 Å². The molecule has 76 valence electrons. The third-order valence-electron chi connectivity index (χ3n) is 2.80. The van der Waals surface area contributed by atoms with Gasteiger partial charge in [-0.2, -0.15) is 0 Å². The Morgan fingerprint density at radius 1 is 1.62 bits per heavy atom. The van der Waals surface area contributed by atoms with Gasteiger partial charge in [-0.3, -0.25) is 4.79 Å². The van der Waals surface area contributed by atoms with Gasteiger partial charge in [0.05, 0.1) is 6.54 Å². The van der Waals surface area contributed by atoms with Crippen LogP contribution in [0.3, 0.4) is 0 Å². The van der Waals surface area contributed by atoms with Crippen molar-refractivity contribution in [3.63, 3.8) is 0 Å². The maximum absolute atomic E-state index is 11.4. The lowest BCUT2D eigenvalue weighted by Crippen LogP contribution is -2.39. The van der Waals surface area contributed by atoms with Crippen LogP contribution in [0.1, 0.15) is 26.7 Å². The minimum Gasteiger partial charge on any atom is -0.345 e. The van der Waals surface area contributed by atoms with Crippen LogP contribution in [0.15, 0.2) is 0 Å². The van der Waals surface area contributed by atoms with Gasteiger partial charge in [-0.25, -0.2) is 0 Å². The summed E-state index contributed by atoms with van der Waals surface area (Å²) in [5, 5.41) is 3.27. The Labute approximate surface area is 80.5 Å². The molecule has 13 heavy (non-hydrogen) atoms. The van der Waals surface area contributed by atoms with Crippen LogP contribution in [-0.2, 0) is 4.79 Å². The highest BCUT2D eigenvalue weighted by atomic mass is 16.2. The minimum atomic E-state index is 0.190. The lowest BCUT2D eigenvalue weighted by molar-refractivity contribution is -0.128. The number of rotatable bonds is 5. The zero-order valence-electron chi connectivity index (χ0n) is 8.84. The molecule has 0 aliphatic heterocycles. The van der Waals surface area contributed by atoms with Gasteiger partial charge in [0, 0.05) is 19.6 Å². The normalized spacial score (nSPS) is 18.4. The van der Waals surface area contributed by atoms with Crippen LogP contribution < -0.4 is 5.32 Å². The second kappa shape index (κ2) is 4.61. The second-order valence-corrected chi connectivity index (χ2v) is 3.91.